The molecule has 84 valence electrons. The van der Waals surface area contributed by atoms with Crippen LogP contribution in [0.5, 0.6) is 0 Å². The standard InChI is InChI=1S/C11H12FN3O/c1-8-4-3-5-10(11(8)12)15-6-9(7-16-2)13-14-15/h3-6H,7H2,1-2H3. The summed E-state index contributed by atoms with van der Waals surface area (Å²) in [4.78, 5) is 0. The van der Waals surface area contributed by atoms with Crippen molar-refractivity contribution in [2.45, 2.75) is 13.5 Å². The summed E-state index contributed by atoms with van der Waals surface area (Å²) < 4.78 is 20.1. The van der Waals surface area contributed by atoms with Crippen molar-refractivity contribution in [3.05, 3.63) is 41.5 Å². The van der Waals surface area contributed by atoms with Crippen molar-refractivity contribution in [1.82, 2.24) is 15.0 Å². The van der Waals surface area contributed by atoms with Crippen LogP contribution in [0.25, 0.3) is 5.69 Å². The molecule has 0 spiro atoms. The molecule has 0 amide bonds. The average Bonchev–Trinajstić information content (AvgIpc) is 2.71. The second kappa shape index (κ2) is 4.40. The molecule has 1 heterocycles. The normalized spacial score (nSPS) is 10.7. The Kier molecular flexibility index (Phi) is 2.96. The fraction of sp³-hybridized carbons (Fsp3) is 0.273. The number of hydrogen-bond acceptors (Lipinski definition) is 3. The molecular weight excluding hydrogens is 209 g/mol. The second-order valence-electron chi connectivity index (χ2n) is 3.50. The van der Waals surface area contributed by atoms with Gasteiger partial charge in [0, 0.05) is 7.11 Å². The summed E-state index contributed by atoms with van der Waals surface area (Å²) in [7, 11) is 1.58. The van der Waals surface area contributed by atoms with Gasteiger partial charge in [-0.3, -0.25) is 0 Å². The molecule has 0 aliphatic heterocycles. The van der Waals surface area contributed by atoms with Crippen LogP contribution in [0.15, 0.2) is 24.4 Å². The lowest BCUT2D eigenvalue weighted by Gasteiger charge is -2.03. The zero-order valence-electron chi connectivity index (χ0n) is 9.14. The summed E-state index contributed by atoms with van der Waals surface area (Å²) >= 11 is 0. The quantitative estimate of drug-likeness (QED) is 0.794. The molecule has 0 fully saturated rings. The predicted octanol–water partition coefficient (Wildman–Crippen LogP) is 1.86. The maximum atomic E-state index is 13.8. The van der Waals surface area contributed by atoms with E-state index in [1.54, 1.807) is 38.4 Å². The Bertz CT molecular complexity index is 496. The van der Waals surface area contributed by atoms with Crippen LogP contribution in [0, 0.1) is 12.7 Å². The van der Waals surface area contributed by atoms with Gasteiger partial charge in [-0.25, -0.2) is 9.07 Å². The number of nitrogens with zero attached hydrogens (tertiary/aromatic N) is 3. The molecule has 16 heavy (non-hydrogen) atoms. The van der Waals surface area contributed by atoms with E-state index in [1.165, 1.54) is 4.68 Å². The van der Waals surface area contributed by atoms with Crippen LogP contribution in [0.4, 0.5) is 4.39 Å². The Labute approximate surface area is 92.7 Å². The van der Waals surface area contributed by atoms with Crippen LogP contribution < -0.4 is 0 Å². The van der Waals surface area contributed by atoms with E-state index < -0.39 is 0 Å². The van der Waals surface area contributed by atoms with E-state index in [0.717, 1.165) is 0 Å². The Morgan fingerprint density at radius 3 is 3.00 bits per heavy atom. The van der Waals surface area contributed by atoms with Crippen molar-refractivity contribution >= 4 is 0 Å². The summed E-state index contributed by atoms with van der Waals surface area (Å²) in [6.07, 6.45) is 1.65. The molecule has 2 rings (SSSR count). The highest BCUT2D eigenvalue weighted by Gasteiger charge is 2.08. The third-order valence-corrected chi connectivity index (χ3v) is 2.25. The van der Waals surface area contributed by atoms with Gasteiger partial charge in [0.2, 0.25) is 0 Å². The van der Waals surface area contributed by atoms with E-state index in [9.17, 15) is 4.39 Å². The Balaban J connectivity index is 2.39. The van der Waals surface area contributed by atoms with E-state index in [-0.39, 0.29) is 5.82 Å². The number of methoxy groups -OCH3 is 1. The molecule has 0 saturated heterocycles. The molecule has 1 aromatic carbocycles. The molecule has 2 aromatic rings. The van der Waals surface area contributed by atoms with Crippen LogP contribution in [0.3, 0.4) is 0 Å². The molecule has 5 heteroatoms. The molecule has 0 radical (unpaired) electrons. The minimum absolute atomic E-state index is 0.281. The van der Waals surface area contributed by atoms with Gasteiger partial charge in [0.05, 0.1) is 12.8 Å². The molecule has 0 atom stereocenters. The van der Waals surface area contributed by atoms with Gasteiger partial charge in [0.1, 0.15) is 11.4 Å². The number of halogens is 1. The first-order chi connectivity index (χ1) is 7.72. The van der Waals surface area contributed by atoms with E-state index >= 15 is 0 Å². The lowest BCUT2D eigenvalue weighted by molar-refractivity contribution is 0.181. The lowest BCUT2D eigenvalue weighted by atomic mass is 10.2. The monoisotopic (exact) mass is 221 g/mol. The van der Waals surface area contributed by atoms with Gasteiger partial charge in [-0.05, 0) is 18.6 Å². The fourth-order valence-corrected chi connectivity index (χ4v) is 1.44. The van der Waals surface area contributed by atoms with Gasteiger partial charge in [-0.15, -0.1) is 5.10 Å². The highest BCUT2D eigenvalue weighted by atomic mass is 19.1. The summed E-state index contributed by atoms with van der Waals surface area (Å²) in [6, 6.07) is 5.16. The zero-order valence-corrected chi connectivity index (χ0v) is 9.14. The number of hydrogen-bond donors (Lipinski definition) is 0. The van der Waals surface area contributed by atoms with Gasteiger partial charge in [-0.1, -0.05) is 17.3 Å². The SMILES string of the molecule is COCc1cn(-c2cccc(C)c2F)nn1. The van der Waals surface area contributed by atoms with Crippen molar-refractivity contribution in [1.29, 1.82) is 0 Å². The molecule has 4 nitrogen and oxygen atoms in total. The lowest BCUT2D eigenvalue weighted by Crippen LogP contribution is -1.99. The molecular formula is C11H12FN3O. The number of ether oxygens (including phenoxy) is 1. The number of aryl methyl sites for hydroxylation is 1. The molecule has 0 N–H and O–H groups in total. The van der Waals surface area contributed by atoms with E-state index in [0.29, 0.717) is 23.6 Å². The van der Waals surface area contributed by atoms with Crippen LogP contribution >= 0.6 is 0 Å². The van der Waals surface area contributed by atoms with Crippen LogP contribution in [0.1, 0.15) is 11.3 Å². The number of aromatic nitrogens is 3. The van der Waals surface area contributed by atoms with Crippen molar-refractivity contribution in [3.8, 4) is 5.69 Å². The van der Waals surface area contributed by atoms with E-state index in [1.807, 2.05) is 0 Å². The number of benzene rings is 1. The molecule has 0 unspecified atom stereocenters. The average molecular weight is 221 g/mol. The highest BCUT2D eigenvalue weighted by Crippen LogP contribution is 2.15. The maximum Gasteiger partial charge on any atom is 0.151 e. The fourth-order valence-electron chi connectivity index (χ4n) is 1.44. The summed E-state index contributed by atoms with van der Waals surface area (Å²) in [5.41, 5.74) is 1.65. The van der Waals surface area contributed by atoms with E-state index in [4.69, 9.17) is 4.74 Å². The third kappa shape index (κ3) is 1.94. The van der Waals surface area contributed by atoms with Crippen molar-refractivity contribution in [2.24, 2.45) is 0 Å². The minimum atomic E-state index is -0.281. The molecule has 0 aliphatic rings. The van der Waals surface area contributed by atoms with Crippen LogP contribution in [0.2, 0.25) is 0 Å². The summed E-state index contributed by atoms with van der Waals surface area (Å²) in [5, 5.41) is 7.73. The maximum absolute atomic E-state index is 13.8. The third-order valence-electron chi connectivity index (χ3n) is 2.25. The summed E-state index contributed by atoms with van der Waals surface area (Å²) in [5.74, 6) is -0.281. The highest BCUT2D eigenvalue weighted by molar-refractivity contribution is 5.36. The summed E-state index contributed by atoms with van der Waals surface area (Å²) in [6.45, 7) is 2.08. The van der Waals surface area contributed by atoms with Crippen molar-refractivity contribution in [3.63, 3.8) is 0 Å². The topological polar surface area (TPSA) is 39.9 Å². The molecule has 1 aromatic heterocycles. The van der Waals surface area contributed by atoms with Crippen molar-refractivity contribution in [2.75, 3.05) is 7.11 Å². The van der Waals surface area contributed by atoms with Gasteiger partial charge < -0.3 is 4.74 Å². The Morgan fingerprint density at radius 2 is 2.25 bits per heavy atom. The first-order valence-electron chi connectivity index (χ1n) is 4.88. The predicted molar refractivity (Wildman–Crippen MR) is 56.8 cm³/mol. The Morgan fingerprint density at radius 1 is 1.44 bits per heavy atom. The van der Waals surface area contributed by atoms with Gasteiger partial charge in [0.15, 0.2) is 5.82 Å². The molecule has 0 saturated carbocycles. The van der Waals surface area contributed by atoms with Gasteiger partial charge in [-0.2, -0.15) is 0 Å². The van der Waals surface area contributed by atoms with Crippen LogP contribution in [-0.2, 0) is 11.3 Å². The first-order valence-corrected chi connectivity index (χ1v) is 4.88. The first kappa shape index (κ1) is 10.8. The minimum Gasteiger partial charge on any atom is -0.378 e. The number of rotatable bonds is 3. The van der Waals surface area contributed by atoms with Gasteiger partial charge in [0.25, 0.3) is 0 Å². The Hall–Kier alpha value is -1.75. The van der Waals surface area contributed by atoms with Crippen LogP contribution in [-0.4, -0.2) is 22.1 Å². The van der Waals surface area contributed by atoms with Gasteiger partial charge >= 0.3 is 0 Å². The van der Waals surface area contributed by atoms with Crippen molar-refractivity contribution < 1.29 is 9.13 Å². The molecule has 0 bridgehead atoms. The molecule has 0 aliphatic carbocycles. The largest absolute Gasteiger partial charge is 0.378 e. The second-order valence-corrected chi connectivity index (χ2v) is 3.50. The zero-order chi connectivity index (χ0) is 11.5. The van der Waals surface area contributed by atoms with E-state index in [2.05, 4.69) is 10.3 Å². The smallest absolute Gasteiger partial charge is 0.151 e.